The van der Waals surface area contributed by atoms with Crippen molar-refractivity contribution in [1.29, 1.82) is 0 Å². The second kappa shape index (κ2) is 6.45. The molecule has 0 radical (unpaired) electrons. The standard InChI is InChI=1S/C15H17ClN4O/c1-17-14-13(16)8-10(9-18-14)15(21)19-11-4-6-12(7-5-11)20(2)3/h4-9H,1-3H3,(H,17,18)(H,19,21). The number of amides is 1. The van der Waals surface area contributed by atoms with Gasteiger partial charge in [0, 0.05) is 38.7 Å². The molecule has 2 N–H and O–H groups in total. The predicted octanol–water partition coefficient (Wildman–Crippen LogP) is 3.10. The molecule has 0 saturated carbocycles. The summed E-state index contributed by atoms with van der Waals surface area (Å²) in [5, 5.41) is 6.07. The van der Waals surface area contributed by atoms with E-state index in [0.29, 0.717) is 16.4 Å². The Balaban J connectivity index is 2.12. The second-order valence-corrected chi connectivity index (χ2v) is 5.11. The Bertz CT molecular complexity index is 641. The highest BCUT2D eigenvalue weighted by atomic mass is 35.5. The van der Waals surface area contributed by atoms with E-state index >= 15 is 0 Å². The van der Waals surface area contributed by atoms with Crippen LogP contribution in [0.4, 0.5) is 17.2 Å². The van der Waals surface area contributed by atoms with Crippen LogP contribution in [0.5, 0.6) is 0 Å². The molecule has 5 nitrogen and oxygen atoms in total. The molecule has 110 valence electrons. The fourth-order valence-corrected chi connectivity index (χ4v) is 2.05. The number of nitrogens with one attached hydrogen (secondary N) is 2. The lowest BCUT2D eigenvalue weighted by Crippen LogP contribution is -2.13. The molecule has 0 aliphatic rings. The normalized spacial score (nSPS) is 10.1. The zero-order chi connectivity index (χ0) is 15.4. The summed E-state index contributed by atoms with van der Waals surface area (Å²) in [5.74, 6) is 0.299. The number of rotatable bonds is 4. The minimum atomic E-state index is -0.246. The molecule has 1 heterocycles. The van der Waals surface area contributed by atoms with Gasteiger partial charge in [0.2, 0.25) is 0 Å². The molecule has 0 aliphatic carbocycles. The number of aromatic nitrogens is 1. The minimum absolute atomic E-state index is 0.246. The number of pyridine rings is 1. The number of hydrogen-bond donors (Lipinski definition) is 2. The first-order chi connectivity index (χ1) is 10.0. The van der Waals surface area contributed by atoms with Gasteiger partial charge >= 0.3 is 0 Å². The van der Waals surface area contributed by atoms with E-state index in [9.17, 15) is 4.79 Å². The molecule has 0 spiro atoms. The van der Waals surface area contributed by atoms with Crippen molar-refractivity contribution in [2.45, 2.75) is 0 Å². The lowest BCUT2D eigenvalue weighted by molar-refractivity contribution is 0.102. The molecule has 0 aliphatic heterocycles. The second-order valence-electron chi connectivity index (χ2n) is 4.70. The maximum absolute atomic E-state index is 12.1. The SMILES string of the molecule is CNc1ncc(C(=O)Nc2ccc(N(C)C)cc2)cc1Cl. The summed E-state index contributed by atoms with van der Waals surface area (Å²) in [6.07, 6.45) is 1.49. The Morgan fingerprint density at radius 1 is 1.24 bits per heavy atom. The van der Waals surface area contributed by atoms with Gasteiger partial charge in [-0.1, -0.05) is 11.6 Å². The molecule has 0 fully saturated rings. The highest BCUT2D eigenvalue weighted by Gasteiger charge is 2.10. The molecular weight excluding hydrogens is 288 g/mol. The fraction of sp³-hybridized carbons (Fsp3) is 0.200. The van der Waals surface area contributed by atoms with Crippen LogP contribution in [0.3, 0.4) is 0 Å². The summed E-state index contributed by atoms with van der Waals surface area (Å²) in [6.45, 7) is 0. The molecule has 2 aromatic rings. The van der Waals surface area contributed by atoms with Gasteiger partial charge in [-0.25, -0.2) is 4.98 Å². The number of carbonyl (C=O) groups is 1. The lowest BCUT2D eigenvalue weighted by atomic mass is 10.2. The summed E-state index contributed by atoms with van der Waals surface area (Å²) in [5.41, 5.74) is 2.20. The summed E-state index contributed by atoms with van der Waals surface area (Å²) in [6, 6.07) is 9.16. The number of benzene rings is 1. The van der Waals surface area contributed by atoms with E-state index in [1.165, 1.54) is 6.20 Å². The van der Waals surface area contributed by atoms with Crippen LogP contribution < -0.4 is 15.5 Å². The minimum Gasteiger partial charge on any atom is -0.378 e. The third kappa shape index (κ3) is 3.64. The molecule has 0 bridgehead atoms. The van der Waals surface area contributed by atoms with Crippen molar-refractivity contribution in [3.8, 4) is 0 Å². The lowest BCUT2D eigenvalue weighted by Gasteiger charge is -2.13. The van der Waals surface area contributed by atoms with E-state index in [-0.39, 0.29) is 5.91 Å². The number of hydrogen-bond acceptors (Lipinski definition) is 4. The van der Waals surface area contributed by atoms with Gasteiger partial charge in [-0.3, -0.25) is 4.79 Å². The molecule has 1 amide bonds. The van der Waals surface area contributed by atoms with Crippen molar-refractivity contribution in [2.24, 2.45) is 0 Å². The van der Waals surface area contributed by atoms with Crippen LogP contribution >= 0.6 is 11.6 Å². The maximum Gasteiger partial charge on any atom is 0.257 e. The zero-order valence-electron chi connectivity index (χ0n) is 12.1. The molecular formula is C15H17ClN4O. The molecule has 6 heteroatoms. The van der Waals surface area contributed by atoms with Crippen LogP contribution in [-0.2, 0) is 0 Å². The third-order valence-corrected chi connectivity index (χ3v) is 3.27. The van der Waals surface area contributed by atoms with Crippen molar-refractivity contribution >= 4 is 34.7 Å². The summed E-state index contributed by atoms with van der Waals surface area (Å²) < 4.78 is 0. The molecule has 2 rings (SSSR count). The van der Waals surface area contributed by atoms with Gasteiger partial charge in [-0.15, -0.1) is 0 Å². The monoisotopic (exact) mass is 304 g/mol. The van der Waals surface area contributed by atoms with Crippen LogP contribution in [0.2, 0.25) is 5.02 Å². The van der Waals surface area contributed by atoms with E-state index < -0.39 is 0 Å². The first-order valence-corrected chi connectivity index (χ1v) is 6.81. The Hall–Kier alpha value is -2.27. The molecule has 21 heavy (non-hydrogen) atoms. The first-order valence-electron chi connectivity index (χ1n) is 6.43. The van der Waals surface area contributed by atoms with Gasteiger partial charge in [0.15, 0.2) is 0 Å². The van der Waals surface area contributed by atoms with Gasteiger partial charge in [0.05, 0.1) is 10.6 Å². The first kappa shape index (κ1) is 15.1. The van der Waals surface area contributed by atoms with Gasteiger partial charge < -0.3 is 15.5 Å². The smallest absolute Gasteiger partial charge is 0.257 e. The number of carbonyl (C=O) groups excluding carboxylic acids is 1. The van der Waals surface area contributed by atoms with Gasteiger partial charge in [-0.2, -0.15) is 0 Å². The molecule has 0 saturated heterocycles. The van der Waals surface area contributed by atoms with E-state index in [4.69, 9.17) is 11.6 Å². The third-order valence-electron chi connectivity index (χ3n) is 2.98. The summed E-state index contributed by atoms with van der Waals surface area (Å²) in [4.78, 5) is 18.2. The largest absolute Gasteiger partial charge is 0.378 e. The summed E-state index contributed by atoms with van der Waals surface area (Å²) in [7, 11) is 5.65. The van der Waals surface area contributed by atoms with Crippen molar-refractivity contribution in [3.63, 3.8) is 0 Å². The van der Waals surface area contributed by atoms with Crippen LogP contribution in [0.15, 0.2) is 36.5 Å². The van der Waals surface area contributed by atoms with Crippen molar-refractivity contribution < 1.29 is 4.79 Å². The predicted molar refractivity (Wildman–Crippen MR) is 87.5 cm³/mol. The van der Waals surface area contributed by atoms with E-state index in [0.717, 1.165) is 11.4 Å². The average molecular weight is 305 g/mol. The summed E-state index contributed by atoms with van der Waals surface area (Å²) >= 11 is 6.02. The van der Waals surface area contributed by atoms with Gasteiger partial charge in [-0.05, 0) is 30.3 Å². The average Bonchev–Trinajstić information content (AvgIpc) is 2.47. The molecule has 0 unspecified atom stereocenters. The molecule has 0 atom stereocenters. The van der Waals surface area contributed by atoms with Crippen LogP contribution in [0, 0.1) is 0 Å². The topological polar surface area (TPSA) is 57.3 Å². The Labute approximate surface area is 128 Å². The number of nitrogens with zero attached hydrogens (tertiary/aromatic N) is 2. The van der Waals surface area contributed by atoms with Crippen molar-refractivity contribution in [3.05, 3.63) is 47.1 Å². The van der Waals surface area contributed by atoms with Gasteiger partial charge in [0.1, 0.15) is 5.82 Å². The van der Waals surface area contributed by atoms with Crippen LogP contribution in [0.1, 0.15) is 10.4 Å². The van der Waals surface area contributed by atoms with Crippen molar-refractivity contribution in [1.82, 2.24) is 4.98 Å². The quantitative estimate of drug-likeness (QED) is 0.911. The Kier molecular flexibility index (Phi) is 4.65. The number of halogens is 1. The molecule has 1 aromatic heterocycles. The fourth-order valence-electron chi connectivity index (χ4n) is 1.79. The number of anilines is 3. The Morgan fingerprint density at radius 2 is 1.90 bits per heavy atom. The zero-order valence-corrected chi connectivity index (χ0v) is 12.9. The highest BCUT2D eigenvalue weighted by Crippen LogP contribution is 2.21. The maximum atomic E-state index is 12.1. The highest BCUT2D eigenvalue weighted by molar-refractivity contribution is 6.33. The van der Waals surface area contributed by atoms with Crippen molar-refractivity contribution in [2.75, 3.05) is 36.7 Å². The van der Waals surface area contributed by atoms with E-state index in [1.54, 1.807) is 13.1 Å². The van der Waals surface area contributed by atoms with Gasteiger partial charge in [0.25, 0.3) is 5.91 Å². The van der Waals surface area contributed by atoms with Crippen LogP contribution in [-0.4, -0.2) is 32.0 Å². The van der Waals surface area contributed by atoms with E-state index in [1.807, 2.05) is 43.3 Å². The van der Waals surface area contributed by atoms with E-state index in [2.05, 4.69) is 15.6 Å². The van der Waals surface area contributed by atoms with Crippen LogP contribution in [0.25, 0.3) is 0 Å². The molecule has 1 aromatic carbocycles. The Morgan fingerprint density at radius 3 is 2.43 bits per heavy atom.